The quantitative estimate of drug-likeness (QED) is 0.699. The number of hydrazine groups is 1. The average molecular weight is 392 g/mol. The van der Waals surface area contributed by atoms with Crippen LogP contribution in [0.1, 0.15) is 24.5 Å². The molecular weight excluding hydrogens is 372 g/mol. The molecule has 1 heterocycles. The van der Waals surface area contributed by atoms with E-state index in [0.717, 1.165) is 5.56 Å². The smallest absolute Gasteiger partial charge is 0.344 e. The fourth-order valence-electron chi connectivity index (χ4n) is 2.96. The van der Waals surface area contributed by atoms with Crippen LogP contribution in [0.3, 0.4) is 0 Å². The lowest BCUT2D eigenvalue weighted by Gasteiger charge is -2.21. The van der Waals surface area contributed by atoms with Crippen molar-refractivity contribution in [2.24, 2.45) is 0 Å². The molecule has 148 valence electrons. The molecule has 1 saturated heterocycles. The molecule has 2 aromatic rings. The summed E-state index contributed by atoms with van der Waals surface area (Å²) < 4.78 is 5.32. The molecular formula is C21H20N4O4. The van der Waals surface area contributed by atoms with Crippen LogP contribution in [0.2, 0.25) is 0 Å². The highest BCUT2D eigenvalue weighted by atomic mass is 16.5. The van der Waals surface area contributed by atoms with Gasteiger partial charge in [-0.15, -0.1) is 0 Å². The van der Waals surface area contributed by atoms with E-state index in [1.54, 1.807) is 25.1 Å². The summed E-state index contributed by atoms with van der Waals surface area (Å²) in [7, 11) is 0. The van der Waals surface area contributed by atoms with Gasteiger partial charge < -0.3 is 10.1 Å². The molecule has 0 unspecified atom stereocenters. The van der Waals surface area contributed by atoms with E-state index in [0.29, 0.717) is 29.2 Å². The van der Waals surface area contributed by atoms with Crippen molar-refractivity contribution in [3.05, 3.63) is 65.7 Å². The second kappa shape index (κ2) is 8.44. The SMILES string of the molecule is C[C@@]1(CCc2ccccc2)NC(=O)N(NC(=O)COc2cccc(C#N)c2)C1=O. The number of rotatable bonds is 7. The van der Waals surface area contributed by atoms with Gasteiger partial charge in [-0.2, -0.15) is 10.3 Å². The Bertz CT molecular complexity index is 970. The van der Waals surface area contributed by atoms with Gasteiger partial charge in [-0.3, -0.25) is 15.0 Å². The molecule has 0 aromatic heterocycles. The van der Waals surface area contributed by atoms with Crippen molar-refractivity contribution in [1.29, 1.82) is 5.26 Å². The predicted octanol–water partition coefficient (Wildman–Crippen LogP) is 1.91. The number of aryl methyl sites for hydroxylation is 1. The standard InChI is InChI=1S/C21H20N4O4/c1-21(11-10-15-6-3-2-4-7-15)19(27)25(20(28)23-21)24-18(26)14-29-17-9-5-8-16(12-17)13-22/h2-9,12H,10-11,14H2,1H3,(H,23,28)(H,24,26)/t21-/m0/s1. The van der Waals surface area contributed by atoms with Crippen LogP contribution in [0.4, 0.5) is 4.79 Å². The average Bonchev–Trinajstić information content (AvgIpc) is 2.95. The molecule has 4 amide bonds. The normalized spacial score (nSPS) is 18.1. The van der Waals surface area contributed by atoms with Crippen molar-refractivity contribution in [1.82, 2.24) is 15.8 Å². The van der Waals surface area contributed by atoms with Gasteiger partial charge in [0.1, 0.15) is 11.3 Å². The third-order valence-electron chi connectivity index (χ3n) is 4.59. The number of ether oxygens (including phenoxy) is 1. The van der Waals surface area contributed by atoms with Gasteiger partial charge in [0.25, 0.3) is 11.8 Å². The van der Waals surface area contributed by atoms with Crippen LogP contribution in [0.5, 0.6) is 5.75 Å². The zero-order valence-corrected chi connectivity index (χ0v) is 15.8. The minimum absolute atomic E-state index is 0.337. The number of amides is 4. The number of hydrogen-bond acceptors (Lipinski definition) is 5. The van der Waals surface area contributed by atoms with E-state index in [2.05, 4.69) is 10.7 Å². The van der Waals surface area contributed by atoms with Gasteiger partial charge in [0, 0.05) is 0 Å². The molecule has 8 nitrogen and oxygen atoms in total. The Hall–Kier alpha value is -3.86. The molecule has 0 aliphatic carbocycles. The maximum atomic E-state index is 12.7. The van der Waals surface area contributed by atoms with Crippen LogP contribution < -0.4 is 15.5 Å². The van der Waals surface area contributed by atoms with E-state index in [-0.39, 0.29) is 0 Å². The van der Waals surface area contributed by atoms with Crippen molar-refractivity contribution in [2.75, 3.05) is 6.61 Å². The van der Waals surface area contributed by atoms with Gasteiger partial charge in [0.05, 0.1) is 11.6 Å². The summed E-state index contributed by atoms with van der Waals surface area (Å²) in [4.78, 5) is 37.0. The number of carbonyl (C=O) groups is 3. The summed E-state index contributed by atoms with van der Waals surface area (Å²) in [6.07, 6.45) is 0.995. The van der Waals surface area contributed by atoms with Gasteiger partial charge >= 0.3 is 6.03 Å². The molecule has 1 fully saturated rings. The predicted molar refractivity (Wildman–Crippen MR) is 103 cm³/mol. The van der Waals surface area contributed by atoms with Crippen LogP contribution >= 0.6 is 0 Å². The third-order valence-corrected chi connectivity index (χ3v) is 4.59. The molecule has 1 aliphatic heterocycles. The van der Waals surface area contributed by atoms with Crippen LogP contribution in [0.15, 0.2) is 54.6 Å². The Morgan fingerprint density at radius 3 is 2.69 bits per heavy atom. The topological polar surface area (TPSA) is 112 Å². The minimum Gasteiger partial charge on any atom is -0.484 e. The highest BCUT2D eigenvalue weighted by Gasteiger charge is 2.48. The fraction of sp³-hybridized carbons (Fsp3) is 0.238. The number of nitriles is 1. The number of carbonyl (C=O) groups excluding carboxylic acids is 3. The van der Waals surface area contributed by atoms with Gasteiger partial charge in [-0.25, -0.2) is 4.79 Å². The lowest BCUT2D eigenvalue weighted by molar-refractivity contribution is -0.139. The summed E-state index contributed by atoms with van der Waals surface area (Å²) in [5.74, 6) is -0.856. The van der Waals surface area contributed by atoms with Crippen LogP contribution in [-0.2, 0) is 16.0 Å². The Balaban J connectivity index is 1.56. The number of nitrogens with zero attached hydrogens (tertiary/aromatic N) is 2. The molecule has 1 aliphatic rings. The lowest BCUT2D eigenvalue weighted by atomic mass is 9.93. The van der Waals surface area contributed by atoms with E-state index < -0.39 is 30.0 Å². The van der Waals surface area contributed by atoms with Crippen molar-refractivity contribution < 1.29 is 19.1 Å². The van der Waals surface area contributed by atoms with E-state index in [9.17, 15) is 14.4 Å². The first kappa shape index (κ1) is 19.9. The number of hydrogen-bond donors (Lipinski definition) is 2. The lowest BCUT2D eigenvalue weighted by Crippen LogP contribution is -2.50. The van der Waals surface area contributed by atoms with E-state index in [1.807, 2.05) is 36.4 Å². The Morgan fingerprint density at radius 1 is 1.21 bits per heavy atom. The van der Waals surface area contributed by atoms with Crippen molar-refractivity contribution in [3.8, 4) is 11.8 Å². The number of benzene rings is 2. The van der Waals surface area contributed by atoms with Gasteiger partial charge in [0.15, 0.2) is 6.61 Å². The Morgan fingerprint density at radius 2 is 1.97 bits per heavy atom. The first-order valence-electron chi connectivity index (χ1n) is 9.04. The second-order valence-corrected chi connectivity index (χ2v) is 6.85. The highest BCUT2D eigenvalue weighted by Crippen LogP contribution is 2.22. The first-order valence-corrected chi connectivity index (χ1v) is 9.04. The summed E-state index contributed by atoms with van der Waals surface area (Å²) >= 11 is 0. The molecule has 0 spiro atoms. The van der Waals surface area contributed by atoms with Gasteiger partial charge in [-0.1, -0.05) is 36.4 Å². The number of urea groups is 1. The monoisotopic (exact) mass is 392 g/mol. The molecule has 29 heavy (non-hydrogen) atoms. The zero-order chi connectivity index (χ0) is 20.9. The summed E-state index contributed by atoms with van der Waals surface area (Å²) in [6.45, 7) is 1.22. The van der Waals surface area contributed by atoms with Gasteiger partial charge in [0.2, 0.25) is 0 Å². The van der Waals surface area contributed by atoms with Crippen LogP contribution in [-0.4, -0.2) is 35.0 Å². The van der Waals surface area contributed by atoms with Gasteiger partial charge in [-0.05, 0) is 43.5 Å². The fourth-order valence-corrected chi connectivity index (χ4v) is 2.96. The Kier molecular flexibility index (Phi) is 5.79. The molecule has 2 aromatic carbocycles. The summed E-state index contributed by atoms with van der Waals surface area (Å²) in [5.41, 5.74) is 2.61. The highest BCUT2D eigenvalue weighted by molar-refractivity contribution is 6.07. The first-order chi connectivity index (χ1) is 13.9. The molecule has 1 atom stereocenters. The maximum absolute atomic E-state index is 12.7. The Labute approximate surface area is 168 Å². The van der Waals surface area contributed by atoms with Crippen molar-refractivity contribution in [2.45, 2.75) is 25.3 Å². The summed E-state index contributed by atoms with van der Waals surface area (Å²) in [5, 5.41) is 12.2. The molecule has 8 heteroatoms. The largest absolute Gasteiger partial charge is 0.484 e. The summed E-state index contributed by atoms with van der Waals surface area (Å²) in [6, 6.07) is 17.2. The maximum Gasteiger partial charge on any atom is 0.344 e. The van der Waals surface area contributed by atoms with Crippen molar-refractivity contribution >= 4 is 17.8 Å². The van der Waals surface area contributed by atoms with Crippen molar-refractivity contribution in [3.63, 3.8) is 0 Å². The molecule has 0 radical (unpaired) electrons. The number of imide groups is 1. The third kappa shape index (κ3) is 4.71. The second-order valence-electron chi connectivity index (χ2n) is 6.85. The minimum atomic E-state index is -1.11. The molecule has 0 bridgehead atoms. The zero-order valence-electron chi connectivity index (χ0n) is 15.8. The van der Waals surface area contributed by atoms with Crippen LogP contribution in [0.25, 0.3) is 0 Å². The van der Waals surface area contributed by atoms with E-state index in [1.165, 1.54) is 6.07 Å². The van der Waals surface area contributed by atoms with E-state index >= 15 is 0 Å². The molecule has 2 N–H and O–H groups in total. The van der Waals surface area contributed by atoms with Crippen LogP contribution in [0, 0.1) is 11.3 Å². The molecule has 3 rings (SSSR count). The number of nitrogens with one attached hydrogen (secondary N) is 2. The molecule has 0 saturated carbocycles. The van der Waals surface area contributed by atoms with E-state index in [4.69, 9.17) is 10.00 Å².